The fourth-order valence-corrected chi connectivity index (χ4v) is 2.23. The van der Waals surface area contributed by atoms with Crippen molar-refractivity contribution in [2.75, 3.05) is 0 Å². The Hall–Kier alpha value is -0.261. The number of carboxylic acid groups (broad SMARTS) is 2. The molecular formula is C10H20O4Sn. The molecule has 0 aliphatic carbocycles. The van der Waals surface area contributed by atoms with E-state index in [1.807, 2.05) is 0 Å². The largest absolute Gasteiger partial charge is 0.481 e. The van der Waals surface area contributed by atoms with Crippen molar-refractivity contribution in [2.45, 2.75) is 48.4 Å². The molecule has 0 spiro atoms. The first-order chi connectivity index (χ1) is 7.04. The van der Waals surface area contributed by atoms with E-state index in [0.29, 0.717) is 12.8 Å². The Bertz CT molecular complexity index is 153. The Labute approximate surface area is 101 Å². The molecule has 0 aromatic heterocycles. The molecule has 0 saturated heterocycles. The standard InChI is InChI=1S/C6H10O4.2C2H5.Sn/c7-5(8)3-1-2-4-6(9)10;2*1-2;/h1-4H2,(H,7,8)(H,9,10);2*1H2,2H3;. The molecule has 4 nitrogen and oxygen atoms in total. The van der Waals surface area contributed by atoms with Crippen LogP contribution in [0.1, 0.15) is 39.5 Å². The van der Waals surface area contributed by atoms with Gasteiger partial charge in [-0.25, -0.2) is 0 Å². The zero-order valence-corrected chi connectivity index (χ0v) is 12.3. The minimum Gasteiger partial charge on any atom is -0.481 e. The molecule has 0 amide bonds. The van der Waals surface area contributed by atoms with Crippen LogP contribution in [-0.4, -0.2) is 43.3 Å². The Morgan fingerprint density at radius 1 is 0.933 bits per heavy atom. The third kappa shape index (κ3) is 24.8. The predicted molar refractivity (Wildman–Crippen MR) is 60.5 cm³/mol. The van der Waals surface area contributed by atoms with Crippen molar-refractivity contribution in [3.05, 3.63) is 0 Å². The molecule has 0 aromatic rings. The second kappa shape index (κ2) is 13.7. The van der Waals surface area contributed by atoms with E-state index in [0.717, 1.165) is 0 Å². The van der Waals surface area contributed by atoms with E-state index in [-0.39, 0.29) is 34.0 Å². The summed E-state index contributed by atoms with van der Waals surface area (Å²) in [5.41, 5.74) is 0. The van der Waals surface area contributed by atoms with Crippen LogP contribution in [0, 0.1) is 0 Å². The molecule has 0 saturated carbocycles. The van der Waals surface area contributed by atoms with Gasteiger partial charge in [0, 0.05) is 12.8 Å². The molecule has 5 heteroatoms. The first-order valence-electron chi connectivity index (χ1n) is 5.18. The molecule has 0 atom stereocenters. The third-order valence-corrected chi connectivity index (χ3v) is 4.39. The van der Waals surface area contributed by atoms with E-state index in [2.05, 4.69) is 13.8 Å². The van der Waals surface area contributed by atoms with Crippen LogP contribution in [0.15, 0.2) is 0 Å². The van der Waals surface area contributed by atoms with Crippen LogP contribution in [0.25, 0.3) is 0 Å². The number of hydrogen-bond donors (Lipinski definition) is 2. The molecular weight excluding hydrogens is 303 g/mol. The van der Waals surface area contributed by atoms with Crippen molar-refractivity contribution in [1.82, 2.24) is 0 Å². The summed E-state index contributed by atoms with van der Waals surface area (Å²) in [4.78, 5) is 19.8. The van der Waals surface area contributed by atoms with Gasteiger partial charge in [-0.15, -0.1) is 0 Å². The number of carboxylic acids is 2. The minimum atomic E-state index is -0.870. The minimum absolute atomic E-state index is 0.0628. The van der Waals surface area contributed by atoms with Crippen molar-refractivity contribution >= 4 is 33.1 Å². The SMILES string of the molecule is C[CH2][Sn][CH2]C.O=C(O)CCCCC(=O)O. The molecule has 0 unspecified atom stereocenters. The molecule has 88 valence electrons. The van der Waals surface area contributed by atoms with E-state index in [1.54, 1.807) is 0 Å². The van der Waals surface area contributed by atoms with Crippen molar-refractivity contribution < 1.29 is 19.8 Å². The summed E-state index contributed by atoms with van der Waals surface area (Å²) in [6.07, 6.45) is 1.02. The first kappa shape index (κ1) is 17.1. The molecule has 0 rings (SSSR count). The number of carbonyl (C=O) groups is 2. The van der Waals surface area contributed by atoms with Crippen molar-refractivity contribution in [1.29, 1.82) is 0 Å². The second-order valence-corrected chi connectivity index (χ2v) is 8.42. The summed E-state index contributed by atoms with van der Waals surface area (Å²) >= 11 is 0.218. The van der Waals surface area contributed by atoms with Gasteiger partial charge in [-0.1, -0.05) is 0 Å². The van der Waals surface area contributed by atoms with Gasteiger partial charge in [-0.3, -0.25) is 9.59 Å². The topological polar surface area (TPSA) is 74.6 Å². The zero-order chi connectivity index (χ0) is 12.1. The van der Waals surface area contributed by atoms with Crippen LogP contribution in [0.4, 0.5) is 0 Å². The molecule has 0 aliphatic heterocycles. The summed E-state index contributed by atoms with van der Waals surface area (Å²) in [5, 5.41) is 16.3. The van der Waals surface area contributed by atoms with Gasteiger partial charge in [0.2, 0.25) is 0 Å². The number of aliphatic carboxylic acids is 2. The van der Waals surface area contributed by atoms with Gasteiger partial charge in [0.1, 0.15) is 0 Å². The van der Waals surface area contributed by atoms with E-state index >= 15 is 0 Å². The maximum absolute atomic E-state index is 9.90. The van der Waals surface area contributed by atoms with Crippen LogP contribution in [0.2, 0.25) is 8.87 Å². The molecule has 2 N–H and O–H groups in total. The Balaban J connectivity index is 0. The fraction of sp³-hybridized carbons (Fsp3) is 0.800. The average Bonchev–Trinajstić information content (AvgIpc) is 2.14. The van der Waals surface area contributed by atoms with E-state index in [9.17, 15) is 9.59 Å². The van der Waals surface area contributed by atoms with Crippen LogP contribution >= 0.6 is 0 Å². The summed E-state index contributed by atoms with van der Waals surface area (Å²) in [6.45, 7) is 4.57. The molecule has 0 aliphatic rings. The number of rotatable bonds is 7. The number of hydrogen-bond acceptors (Lipinski definition) is 2. The normalized spacial score (nSPS) is 8.93. The van der Waals surface area contributed by atoms with Crippen LogP contribution in [0.5, 0.6) is 0 Å². The molecule has 0 aromatic carbocycles. The Morgan fingerprint density at radius 3 is 1.40 bits per heavy atom. The van der Waals surface area contributed by atoms with Crippen LogP contribution < -0.4 is 0 Å². The monoisotopic (exact) mass is 324 g/mol. The third-order valence-electron chi connectivity index (χ3n) is 1.53. The Kier molecular flexibility index (Phi) is 15.7. The maximum Gasteiger partial charge on any atom is 0.303 e. The molecule has 15 heavy (non-hydrogen) atoms. The van der Waals surface area contributed by atoms with Crippen LogP contribution in [-0.2, 0) is 9.59 Å². The van der Waals surface area contributed by atoms with Crippen molar-refractivity contribution in [3.63, 3.8) is 0 Å². The molecule has 0 heterocycles. The predicted octanol–water partition coefficient (Wildman–Crippen LogP) is 2.28. The summed E-state index contributed by atoms with van der Waals surface area (Å²) < 4.78 is 3.03. The number of unbranched alkanes of at least 4 members (excludes halogenated alkanes) is 1. The summed E-state index contributed by atoms with van der Waals surface area (Å²) in [7, 11) is 0. The van der Waals surface area contributed by atoms with Crippen molar-refractivity contribution in [3.8, 4) is 0 Å². The van der Waals surface area contributed by atoms with E-state index in [4.69, 9.17) is 10.2 Å². The maximum atomic E-state index is 9.90. The smallest absolute Gasteiger partial charge is 0.303 e. The first-order valence-corrected chi connectivity index (χ1v) is 9.22. The van der Waals surface area contributed by atoms with Crippen LogP contribution in [0.3, 0.4) is 0 Å². The van der Waals surface area contributed by atoms with Gasteiger partial charge in [0.05, 0.1) is 0 Å². The van der Waals surface area contributed by atoms with Gasteiger partial charge in [0.15, 0.2) is 0 Å². The van der Waals surface area contributed by atoms with Gasteiger partial charge < -0.3 is 10.2 Å². The van der Waals surface area contributed by atoms with Crippen molar-refractivity contribution in [2.24, 2.45) is 0 Å². The molecule has 0 bridgehead atoms. The fourth-order valence-electron chi connectivity index (χ4n) is 0.802. The van der Waals surface area contributed by atoms with Gasteiger partial charge in [-0.2, -0.15) is 0 Å². The van der Waals surface area contributed by atoms with Gasteiger partial charge in [-0.05, 0) is 12.8 Å². The Morgan fingerprint density at radius 2 is 1.27 bits per heavy atom. The zero-order valence-electron chi connectivity index (χ0n) is 9.45. The average molecular weight is 323 g/mol. The molecule has 0 fully saturated rings. The summed E-state index contributed by atoms with van der Waals surface area (Å²) in [6, 6.07) is 0. The second-order valence-electron chi connectivity index (χ2n) is 2.95. The molecule has 2 radical (unpaired) electrons. The quantitative estimate of drug-likeness (QED) is 0.557. The van der Waals surface area contributed by atoms with Gasteiger partial charge >= 0.3 is 55.8 Å². The van der Waals surface area contributed by atoms with E-state index in [1.165, 1.54) is 8.87 Å². The summed E-state index contributed by atoms with van der Waals surface area (Å²) in [5.74, 6) is -1.74. The van der Waals surface area contributed by atoms with Gasteiger partial charge in [0.25, 0.3) is 0 Å². The van der Waals surface area contributed by atoms with E-state index < -0.39 is 11.9 Å².